The number of nitrogens with two attached hydrogens (primary N) is 1. The van der Waals surface area contributed by atoms with Crippen molar-refractivity contribution in [3.8, 4) is 11.3 Å². The molecule has 0 bridgehead atoms. The summed E-state index contributed by atoms with van der Waals surface area (Å²) in [5.74, 6) is 0. The fraction of sp³-hybridized carbons (Fsp3) is 0.455. The predicted octanol–water partition coefficient (Wildman–Crippen LogP) is 1.69. The van der Waals surface area contributed by atoms with Gasteiger partial charge in [0.25, 0.3) is 0 Å². The molecule has 0 unspecified atom stereocenters. The number of aromatic nitrogens is 4. The van der Waals surface area contributed by atoms with Crippen molar-refractivity contribution in [1.29, 1.82) is 0 Å². The summed E-state index contributed by atoms with van der Waals surface area (Å²) < 4.78 is 1.77. The average Bonchev–Trinajstić information content (AvgIpc) is 2.72. The Balaban J connectivity index is 2.62. The Morgan fingerprint density at radius 2 is 2.00 bits per heavy atom. The molecular formula is C11H17N5. The molecule has 0 saturated carbocycles. The van der Waals surface area contributed by atoms with Crippen LogP contribution in [0.25, 0.3) is 11.3 Å². The van der Waals surface area contributed by atoms with Gasteiger partial charge in [-0.1, -0.05) is 20.8 Å². The summed E-state index contributed by atoms with van der Waals surface area (Å²) in [6.07, 6.45) is 3.46. The maximum atomic E-state index is 5.92. The van der Waals surface area contributed by atoms with Gasteiger partial charge in [0.2, 0.25) is 0 Å². The number of nitrogen functional groups attached to an aromatic ring is 1. The molecule has 3 N–H and O–H groups in total. The van der Waals surface area contributed by atoms with Crippen LogP contribution in [0.1, 0.15) is 26.5 Å². The summed E-state index contributed by atoms with van der Waals surface area (Å²) in [5, 5.41) is 11.3. The number of nitrogens with zero attached hydrogens (tertiary/aromatic N) is 3. The lowest BCUT2D eigenvalue weighted by Crippen LogP contribution is -2.14. The van der Waals surface area contributed by atoms with Gasteiger partial charge in [-0.2, -0.15) is 10.2 Å². The minimum Gasteiger partial charge on any atom is -0.396 e. The predicted molar refractivity (Wildman–Crippen MR) is 63.9 cm³/mol. The van der Waals surface area contributed by atoms with Crippen LogP contribution in [0.5, 0.6) is 0 Å². The lowest BCUT2D eigenvalue weighted by Gasteiger charge is -2.18. The highest BCUT2D eigenvalue weighted by Crippen LogP contribution is 2.33. The lowest BCUT2D eigenvalue weighted by molar-refractivity contribution is 0.567. The molecule has 2 heterocycles. The topological polar surface area (TPSA) is 72.5 Å². The van der Waals surface area contributed by atoms with Crippen molar-refractivity contribution in [2.24, 2.45) is 7.05 Å². The fourth-order valence-electron chi connectivity index (χ4n) is 1.82. The molecule has 0 saturated heterocycles. The number of H-pyrrole nitrogens is 1. The lowest BCUT2D eigenvalue weighted by atomic mass is 9.88. The summed E-state index contributed by atoms with van der Waals surface area (Å²) >= 11 is 0. The van der Waals surface area contributed by atoms with Crippen LogP contribution in [0.3, 0.4) is 0 Å². The molecule has 2 rings (SSSR count). The highest BCUT2D eigenvalue weighted by atomic mass is 15.3. The van der Waals surface area contributed by atoms with E-state index in [1.165, 1.54) is 0 Å². The van der Waals surface area contributed by atoms with Crippen LogP contribution in [0.15, 0.2) is 12.4 Å². The molecule has 2 aromatic rings. The SMILES string of the molecule is Cn1ncc(N)c1-c1cn[nH]c1C(C)(C)C. The van der Waals surface area contributed by atoms with Crippen molar-refractivity contribution in [1.82, 2.24) is 20.0 Å². The maximum absolute atomic E-state index is 5.92. The van der Waals surface area contributed by atoms with Crippen LogP contribution >= 0.6 is 0 Å². The Kier molecular flexibility index (Phi) is 2.26. The second kappa shape index (κ2) is 3.37. The molecule has 16 heavy (non-hydrogen) atoms. The molecule has 5 heteroatoms. The van der Waals surface area contributed by atoms with Crippen LogP contribution in [0.2, 0.25) is 0 Å². The Hall–Kier alpha value is -1.78. The Bertz CT molecular complexity index is 481. The van der Waals surface area contributed by atoms with Crippen LogP contribution in [0.4, 0.5) is 5.69 Å². The van der Waals surface area contributed by atoms with Crippen molar-refractivity contribution in [2.75, 3.05) is 5.73 Å². The fourth-order valence-corrected chi connectivity index (χ4v) is 1.82. The first-order valence-corrected chi connectivity index (χ1v) is 5.23. The highest BCUT2D eigenvalue weighted by Gasteiger charge is 2.23. The Morgan fingerprint density at radius 3 is 2.50 bits per heavy atom. The molecule has 2 aromatic heterocycles. The van der Waals surface area contributed by atoms with E-state index in [4.69, 9.17) is 5.73 Å². The largest absolute Gasteiger partial charge is 0.396 e. The van der Waals surface area contributed by atoms with E-state index in [9.17, 15) is 0 Å². The third kappa shape index (κ3) is 1.58. The third-order valence-corrected chi connectivity index (χ3v) is 2.61. The van der Waals surface area contributed by atoms with E-state index in [1.54, 1.807) is 17.1 Å². The van der Waals surface area contributed by atoms with Crippen LogP contribution in [0, 0.1) is 0 Å². The van der Waals surface area contributed by atoms with Gasteiger partial charge < -0.3 is 5.73 Å². The summed E-state index contributed by atoms with van der Waals surface area (Å²) in [6, 6.07) is 0. The molecule has 0 amide bonds. The number of aryl methyl sites for hydroxylation is 1. The molecular weight excluding hydrogens is 202 g/mol. The van der Waals surface area contributed by atoms with E-state index in [0.717, 1.165) is 17.0 Å². The van der Waals surface area contributed by atoms with Gasteiger partial charge in [0.1, 0.15) is 0 Å². The van der Waals surface area contributed by atoms with Crippen LogP contribution in [-0.4, -0.2) is 20.0 Å². The zero-order valence-electron chi connectivity index (χ0n) is 10.1. The van der Waals surface area contributed by atoms with Gasteiger partial charge in [-0.05, 0) is 0 Å². The van der Waals surface area contributed by atoms with Crippen LogP contribution in [-0.2, 0) is 12.5 Å². The zero-order chi connectivity index (χ0) is 11.9. The van der Waals surface area contributed by atoms with E-state index in [1.807, 2.05) is 7.05 Å². The minimum atomic E-state index is 0.00252. The molecule has 5 nitrogen and oxygen atoms in total. The van der Waals surface area contributed by atoms with Crippen molar-refractivity contribution in [2.45, 2.75) is 26.2 Å². The molecule has 0 aromatic carbocycles. The molecule has 0 aliphatic rings. The molecule has 0 aliphatic carbocycles. The number of hydrogen-bond acceptors (Lipinski definition) is 3. The van der Waals surface area contributed by atoms with Crippen molar-refractivity contribution < 1.29 is 0 Å². The third-order valence-electron chi connectivity index (χ3n) is 2.61. The molecule has 0 atom stereocenters. The molecule has 0 fully saturated rings. The van der Waals surface area contributed by atoms with E-state index < -0.39 is 0 Å². The smallest absolute Gasteiger partial charge is 0.0943 e. The number of aromatic amines is 1. The number of hydrogen-bond donors (Lipinski definition) is 2. The minimum absolute atomic E-state index is 0.00252. The average molecular weight is 219 g/mol. The van der Waals surface area contributed by atoms with Crippen molar-refractivity contribution >= 4 is 5.69 Å². The number of nitrogens with one attached hydrogen (secondary N) is 1. The quantitative estimate of drug-likeness (QED) is 0.766. The van der Waals surface area contributed by atoms with Gasteiger partial charge >= 0.3 is 0 Å². The van der Waals surface area contributed by atoms with E-state index in [2.05, 4.69) is 36.1 Å². The summed E-state index contributed by atoms with van der Waals surface area (Å²) in [5.41, 5.74) is 9.60. The van der Waals surface area contributed by atoms with Gasteiger partial charge in [-0.25, -0.2) is 0 Å². The Labute approximate surface area is 94.7 Å². The normalized spacial score (nSPS) is 12.0. The molecule has 0 aliphatic heterocycles. The first-order valence-electron chi connectivity index (χ1n) is 5.23. The van der Waals surface area contributed by atoms with E-state index in [-0.39, 0.29) is 5.41 Å². The zero-order valence-corrected chi connectivity index (χ0v) is 10.1. The molecule has 0 spiro atoms. The van der Waals surface area contributed by atoms with Gasteiger partial charge in [-0.3, -0.25) is 9.78 Å². The summed E-state index contributed by atoms with van der Waals surface area (Å²) in [7, 11) is 1.88. The maximum Gasteiger partial charge on any atom is 0.0943 e. The van der Waals surface area contributed by atoms with Gasteiger partial charge in [0.15, 0.2) is 0 Å². The van der Waals surface area contributed by atoms with Crippen LogP contribution < -0.4 is 5.73 Å². The highest BCUT2D eigenvalue weighted by molar-refractivity contribution is 5.74. The van der Waals surface area contributed by atoms with Crippen molar-refractivity contribution in [3.05, 3.63) is 18.1 Å². The van der Waals surface area contributed by atoms with Gasteiger partial charge in [0, 0.05) is 23.7 Å². The van der Waals surface area contributed by atoms with E-state index in [0.29, 0.717) is 5.69 Å². The van der Waals surface area contributed by atoms with E-state index >= 15 is 0 Å². The summed E-state index contributed by atoms with van der Waals surface area (Å²) in [4.78, 5) is 0. The molecule has 86 valence electrons. The standard InChI is InChI=1S/C11H17N5/c1-11(2,3)10-7(5-13-15-10)9-8(12)6-14-16(9)4/h5-6H,12H2,1-4H3,(H,13,15). The summed E-state index contributed by atoms with van der Waals surface area (Å²) in [6.45, 7) is 6.41. The van der Waals surface area contributed by atoms with Gasteiger partial charge in [0.05, 0.1) is 23.8 Å². The first kappa shape index (κ1) is 10.7. The Morgan fingerprint density at radius 1 is 1.31 bits per heavy atom. The first-order chi connectivity index (χ1) is 7.41. The second-order valence-electron chi connectivity index (χ2n) is 4.98. The van der Waals surface area contributed by atoms with Gasteiger partial charge in [-0.15, -0.1) is 0 Å². The number of rotatable bonds is 1. The monoisotopic (exact) mass is 219 g/mol. The molecule has 0 radical (unpaired) electrons. The number of anilines is 1. The second-order valence-corrected chi connectivity index (χ2v) is 4.98. The van der Waals surface area contributed by atoms with Crippen molar-refractivity contribution in [3.63, 3.8) is 0 Å².